The summed E-state index contributed by atoms with van der Waals surface area (Å²) < 4.78 is 5.05. The van der Waals surface area contributed by atoms with Gasteiger partial charge in [0.1, 0.15) is 5.82 Å². The fraction of sp³-hybridized carbons (Fsp3) is 0.409. The van der Waals surface area contributed by atoms with Crippen molar-refractivity contribution in [2.75, 3.05) is 0 Å². The van der Waals surface area contributed by atoms with E-state index in [1.165, 1.54) is 5.56 Å². The van der Waals surface area contributed by atoms with Gasteiger partial charge in [0.15, 0.2) is 5.82 Å². The third-order valence-corrected chi connectivity index (χ3v) is 5.69. The number of rotatable bonds is 9. The number of nitrogens with one attached hydrogen (secondary N) is 1. The summed E-state index contributed by atoms with van der Waals surface area (Å²) in [6, 6.07) is 12.4. The van der Waals surface area contributed by atoms with Crippen molar-refractivity contribution in [2.45, 2.75) is 53.0 Å². The number of hydrogen-bond acceptors (Lipinski definition) is 5. The Balaban J connectivity index is 1.57. The minimum absolute atomic E-state index is 0.544. The van der Waals surface area contributed by atoms with Crippen LogP contribution in [0.3, 0.4) is 0 Å². The quantitative estimate of drug-likeness (QED) is 0.376. The Morgan fingerprint density at radius 3 is 2.58 bits per heavy atom. The second-order valence-corrected chi connectivity index (χ2v) is 8.89. The van der Waals surface area contributed by atoms with Crippen LogP contribution in [-0.2, 0) is 19.4 Å². The first-order valence-electron chi connectivity index (χ1n) is 10.7. The molecule has 1 aromatic carbocycles. The first-order valence-corrected chi connectivity index (χ1v) is 11.5. The van der Waals surface area contributed by atoms with Crippen molar-refractivity contribution in [1.82, 2.24) is 40.0 Å². The summed E-state index contributed by atoms with van der Waals surface area (Å²) in [6.45, 7) is 7.33. The van der Waals surface area contributed by atoms with E-state index in [9.17, 15) is 0 Å². The van der Waals surface area contributed by atoms with Gasteiger partial charge in [-0.1, -0.05) is 39.3 Å². The normalized spacial score (nSPS) is 11.5. The van der Waals surface area contributed by atoms with E-state index in [0.717, 1.165) is 59.9 Å². The molecule has 3 heterocycles. The standard InChI is InChI=1S/C22H27BrN8/c1-4-5-6-21-24-20(13-15(2)3)27-30(21)14-16-7-9-17(10-8-16)31-18(11-12-19(31)23)22-25-28-29-26-22/h7-12,15H,4-6,13-14H2,1-3H3,(H,25,26,28,29). The predicted octanol–water partition coefficient (Wildman–Crippen LogP) is 4.60. The van der Waals surface area contributed by atoms with E-state index in [1.54, 1.807) is 0 Å². The van der Waals surface area contributed by atoms with Crippen molar-refractivity contribution in [3.63, 3.8) is 0 Å². The number of aryl methyl sites for hydroxylation is 1. The van der Waals surface area contributed by atoms with Crippen LogP contribution >= 0.6 is 15.9 Å². The summed E-state index contributed by atoms with van der Waals surface area (Å²) in [5.41, 5.74) is 3.07. The van der Waals surface area contributed by atoms with E-state index in [4.69, 9.17) is 10.1 Å². The number of H-pyrrole nitrogens is 1. The third-order valence-electron chi connectivity index (χ3n) is 5.07. The van der Waals surface area contributed by atoms with Crippen molar-refractivity contribution in [3.05, 3.63) is 58.2 Å². The summed E-state index contributed by atoms with van der Waals surface area (Å²) >= 11 is 3.62. The smallest absolute Gasteiger partial charge is 0.221 e. The van der Waals surface area contributed by atoms with Crippen LogP contribution < -0.4 is 0 Å². The Morgan fingerprint density at radius 1 is 1.10 bits per heavy atom. The number of hydrogen-bond donors (Lipinski definition) is 1. The molecule has 4 aromatic rings. The molecule has 0 unspecified atom stereocenters. The summed E-state index contributed by atoms with van der Waals surface area (Å²) in [6.07, 6.45) is 4.14. The number of aromatic nitrogens is 8. The first-order chi connectivity index (χ1) is 15.0. The first kappa shape index (κ1) is 21.4. The van der Waals surface area contributed by atoms with Gasteiger partial charge in [0, 0.05) is 18.5 Å². The number of benzene rings is 1. The van der Waals surface area contributed by atoms with Gasteiger partial charge >= 0.3 is 0 Å². The minimum Gasteiger partial charge on any atom is -0.301 e. The van der Waals surface area contributed by atoms with Crippen LogP contribution in [0.2, 0.25) is 0 Å². The molecular weight excluding hydrogens is 456 g/mol. The van der Waals surface area contributed by atoms with Crippen molar-refractivity contribution in [1.29, 1.82) is 0 Å². The fourth-order valence-corrected chi connectivity index (χ4v) is 4.09. The predicted molar refractivity (Wildman–Crippen MR) is 123 cm³/mol. The van der Waals surface area contributed by atoms with Gasteiger partial charge in [-0.2, -0.15) is 10.3 Å². The molecule has 0 saturated carbocycles. The average Bonchev–Trinajstić information content (AvgIpc) is 3.47. The van der Waals surface area contributed by atoms with Crippen LogP contribution in [0.5, 0.6) is 0 Å². The zero-order chi connectivity index (χ0) is 21.8. The van der Waals surface area contributed by atoms with Gasteiger partial charge in [0.05, 0.1) is 16.8 Å². The maximum Gasteiger partial charge on any atom is 0.221 e. The molecule has 0 spiro atoms. The van der Waals surface area contributed by atoms with Crippen molar-refractivity contribution in [2.24, 2.45) is 5.92 Å². The van der Waals surface area contributed by atoms with Crippen LogP contribution in [0.15, 0.2) is 41.0 Å². The summed E-state index contributed by atoms with van der Waals surface area (Å²) in [5.74, 6) is 3.12. The lowest BCUT2D eigenvalue weighted by atomic mass is 10.1. The molecule has 0 aliphatic heterocycles. The van der Waals surface area contributed by atoms with Crippen molar-refractivity contribution in [3.8, 4) is 17.2 Å². The molecule has 0 atom stereocenters. The highest BCUT2D eigenvalue weighted by atomic mass is 79.9. The molecule has 4 rings (SSSR count). The topological polar surface area (TPSA) is 90.1 Å². The van der Waals surface area contributed by atoms with E-state index >= 15 is 0 Å². The Bertz CT molecular complexity index is 1110. The molecular formula is C22H27BrN8. The SMILES string of the molecule is CCCCc1nc(CC(C)C)nn1Cc1ccc(-n2c(Br)ccc2-c2nn[nH]n2)cc1. The number of unbranched alkanes of at least 4 members (excludes halogenated alkanes) is 1. The summed E-state index contributed by atoms with van der Waals surface area (Å²) in [5, 5.41) is 19.2. The van der Waals surface area contributed by atoms with Crippen molar-refractivity contribution < 1.29 is 0 Å². The molecule has 1 N–H and O–H groups in total. The Kier molecular flexibility index (Phi) is 6.60. The Labute approximate surface area is 190 Å². The lowest BCUT2D eigenvalue weighted by molar-refractivity contribution is 0.592. The molecule has 0 saturated heterocycles. The fourth-order valence-electron chi connectivity index (χ4n) is 3.57. The van der Waals surface area contributed by atoms with Gasteiger partial charge in [-0.3, -0.25) is 0 Å². The van der Waals surface area contributed by atoms with E-state index in [1.807, 2.05) is 12.1 Å². The maximum absolute atomic E-state index is 4.81. The highest BCUT2D eigenvalue weighted by Crippen LogP contribution is 2.27. The highest BCUT2D eigenvalue weighted by molar-refractivity contribution is 9.10. The summed E-state index contributed by atoms with van der Waals surface area (Å²) in [7, 11) is 0. The van der Waals surface area contributed by atoms with E-state index in [0.29, 0.717) is 11.7 Å². The number of halogens is 1. The van der Waals surface area contributed by atoms with Gasteiger partial charge in [-0.15, -0.1) is 10.2 Å². The minimum atomic E-state index is 0.544. The van der Waals surface area contributed by atoms with Gasteiger partial charge in [0.25, 0.3) is 0 Å². The van der Waals surface area contributed by atoms with Gasteiger partial charge in [-0.25, -0.2) is 9.67 Å². The van der Waals surface area contributed by atoms with E-state index < -0.39 is 0 Å². The molecule has 0 amide bonds. The second kappa shape index (κ2) is 9.55. The van der Waals surface area contributed by atoms with Crippen LogP contribution in [-0.4, -0.2) is 40.0 Å². The van der Waals surface area contributed by atoms with Gasteiger partial charge in [-0.05, 0) is 63.3 Å². The molecule has 8 nitrogen and oxygen atoms in total. The van der Waals surface area contributed by atoms with E-state index in [2.05, 4.69) is 90.8 Å². The van der Waals surface area contributed by atoms with Crippen LogP contribution in [0, 0.1) is 5.92 Å². The van der Waals surface area contributed by atoms with Crippen LogP contribution in [0.25, 0.3) is 17.2 Å². The molecule has 162 valence electrons. The third kappa shape index (κ3) is 4.92. The van der Waals surface area contributed by atoms with Gasteiger partial charge in [0.2, 0.25) is 5.82 Å². The van der Waals surface area contributed by atoms with Crippen molar-refractivity contribution >= 4 is 15.9 Å². The molecule has 31 heavy (non-hydrogen) atoms. The molecule has 0 fully saturated rings. The molecule has 0 aliphatic carbocycles. The molecule has 0 radical (unpaired) electrons. The van der Waals surface area contributed by atoms with Crippen LogP contribution in [0.1, 0.15) is 50.8 Å². The average molecular weight is 483 g/mol. The lowest BCUT2D eigenvalue weighted by Crippen LogP contribution is -2.08. The summed E-state index contributed by atoms with van der Waals surface area (Å²) in [4.78, 5) is 4.81. The lowest BCUT2D eigenvalue weighted by Gasteiger charge is -2.11. The Morgan fingerprint density at radius 2 is 1.90 bits per heavy atom. The molecule has 9 heteroatoms. The number of nitrogens with zero attached hydrogens (tertiary/aromatic N) is 7. The molecule has 0 bridgehead atoms. The zero-order valence-electron chi connectivity index (χ0n) is 18.1. The number of aromatic amines is 1. The molecule has 3 aromatic heterocycles. The molecule has 0 aliphatic rings. The monoisotopic (exact) mass is 482 g/mol. The van der Waals surface area contributed by atoms with E-state index in [-0.39, 0.29) is 0 Å². The van der Waals surface area contributed by atoms with Crippen LogP contribution in [0.4, 0.5) is 0 Å². The second-order valence-electron chi connectivity index (χ2n) is 8.08. The Hall–Kier alpha value is -2.81. The maximum atomic E-state index is 4.81. The van der Waals surface area contributed by atoms with Gasteiger partial charge < -0.3 is 4.57 Å². The largest absolute Gasteiger partial charge is 0.301 e. The number of tetrazole rings is 1. The zero-order valence-corrected chi connectivity index (χ0v) is 19.7. The highest BCUT2D eigenvalue weighted by Gasteiger charge is 2.15.